The van der Waals surface area contributed by atoms with Crippen molar-refractivity contribution in [1.29, 1.82) is 0 Å². The van der Waals surface area contributed by atoms with E-state index < -0.39 is 36.6 Å². The van der Waals surface area contributed by atoms with E-state index in [0.717, 1.165) is 0 Å². The Morgan fingerprint density at radius 2 is 1.44 bits per heavy atom. The molecule has 0 bridgehead atoms. The average Bonchev–Trinajstić information content (AvgIpc) is 2.14. The van der Waals surface area contributed by atoms with Crippen LogP contribution in [0.15, 0.2) is 0 Å². The van der Waals surface area contributed by atoms with Crippen molar-refractivity contribution in [1.82, 2.24) is 0 Å². The van der Waals surface area contributed by atoms with Crippen LogP contribution in [0.25, 0.3) is 0 Å². The highest BCUT2D eigenvalue weighted by Crippen LogP contribution is 2.22. The van der Waals surface area contributed by atoms with E-state index in [1.165, 1.54) is 6.92 Å². The molecule has 0 fully saturated rings. The fraction of sp³-hybridized carbons (Fsp3) is 0.800. The second kappa shape index (κ2) is 6.46. The van der Waals surface area contributed by atoms with Crippen LogP contribution in [0, 0.1) is 5.92 Å². The first-order valence-corrected chi connectivity index (χ1v) is 5.18. The molecule has 8 heteroatoms. The van der Waals surface area contributed by atoms with E-state index in [1.54, 1.807) is 13.8 Å². The average molecular weight is 272 g/mol. The highest BCUT2D eigenvalue weighted by Gasteiger charge is 2.39. The van der Waals surface area contributed by atoms with E-state index in [0.29, 0.717) is 6.92 Å². The molecule has 106 valence electrons. The first kappa shape index (κ1) is 16.5. The predicted octanol–water partition coefficient (Wildman–Crippen LogP) is 2.64. The number of hydrogen-bond donors (Lipinski definition) is 0. The molecule has 0 rings (SSSR count). The Morgan fingerprint density at radius 1 is 0.944 bits per heavy atom. The summed E-state index contributed by atoms with van der Waals surface area (Å²) in [6.07, 6.45) is -9.83. The number of ether oxygens (including phenoxy) is 3. The van der Waals surface area contributed by atoms with Crippen molar-refractivity contribution in [2.24, 2.45) is 5.92 Å². The van der Waals surface area contributed by atoms with Gasteiger partial charge in [-0.3, -0.25) is 4.79 Å². The van der Waals surface area contributed by atoms with Gasteiger partial charge in [0.2, 0.25) is 6.29 Å². The maximum Gasteiger partial charge on any atom is 0.511 e. The topological polar surface area (TPSA) is 61.8 Å². The Balaban J connectivity index is 4.13. The van der Waals surface area contributed by atoms with Gasteiger partial charge < -0.3 is 14.2 Å². The van der Waals surface area contributed by atoms with Gasteiger partial charge in [-0.2, -0.15) is 13.2 Å². The third kappa shape index (κ3) is 6.31. The zero-order valence-corrected chi connectivity index (χ0v) is 10.4. The lowest BCUT2D eigenvalue weighted by molar-refractivity contribution is -0.211. The van der Waals surface area contributed by atoms with Gasteiger partial charge in [0.05, 0.1) is 5.92 Å². The molecule has 0 aliphatic heterocycles. The molecule has 0 N–H and O–H groups in total. The third-order valence-electron chi connectivity index (χ3n) is 1.75. The lowest BCUT2D eigenvalue weighted by Gasteiger charge is -2.18. The zero-order valence-electron chi connectivity index (χ0n) is 10.4. The minimum Gasteiger partial charge on any atom is -0.425 e. The summed E-state index contributed by atoms with van der Waals surface area (Å²) < 4.78 is 49.0. The Hall–Kier alpha value is -1.47. The van der Waals surface area contributed by atoms with Crippen LogP contribution >= 0.6 is 0 Å². The van der Waals surface area contributed by atoms with Crippen LogP contribution in [0.3, 0.4) is 0 Å². The summed E-state index contributed by atoms with van der Waals surface area (Å²) in [6, 6.07) is 0. The maximum atomic E-state index is 12.0. The molecule has 0 aliphatic rings. The molecule has 5 nitrogen and oxygen atoms in total. The lowest BCUT2D eigenvalue weighted by Crippen LogP contribution is -2.33. The van der Waals surface area contributed by atoms with Crippen LogP contribution in [0.1, 0.15) is 27.7 Å². The van der Waals surface area contributed by atoms with Gasteiger partial charge in [-0.15, -0.1) is 0 Å². The molecule has 0 aromatic rings. The van der Waals surface area contributed by atoms with Crippen molar-refractivity contribution in [3.8, 4) is 0 Å². The fourth-order valence-corrected chi connectivity index (χ4v) is 0.698. The number of carbonyl (C=O) groups excluding carboxylic acids is 2. The molecule has 1 unspecified atom stereocenters. The van der Waals surface area contributed by atoms with Crippen molar-refractivity contribution >= 4 is 12.1 Å². The maximum absolute atomic E-state index is 12.0. The van der Waals surface area contributed by atoms with E-state index in [-0.39, 0.29) is 0 Å². The van der Waals surface area contributed by atoms with Gasteiger partial charge >= 0.3 is 18.3 Å². The summed E-state index contributed by atoms with van der Waals surface area (Å²) in [5, 5.41) is 0. The number of esters is 1. The number of halogens is 3. The van der Waals surface area contributed by atoms with Gasteiger partial charge in [0.25, 0.3) is 0 Å². The normalized spacial score (nSPS) is 14.9. The molecule has 2 atom stereocenters. The Labute approximate surface area is 102 Å². The number of carbonyl (C=O) groups is 2. The largest absolute Gasteiger partial charge is 0.511 e. The van der Waals surface area contributed by atoms with E-state index >= 15 is 0 Å². The van der Waals surface area contributed by atoms with Crippen LogP contribution in [0.4, 0.5) is 18.0 Å². The number of alkyl halides is 3. The molecule has 0 spiro atoms. The van der Waals surface area contributed by atoms with Gasteiger partial charge in [0, 0.05) is 6.92 Å². The zero-order chi connectivity index (χ0) is 14.5. The smallest absolute Gasteiger partial charge is 0.425 e. The monoisotopic (exact) mass is 272 g/mol. The van der Waals surface area contributed by atoms with Crippen LogP contribution in [0.2, 0.25) is 0 Å². The van der Waals surface area contributed by atoms with Crippen LogP contribution < -0.4 is 0 Å². The van der Waals surface area contributed by atoms with Gasteiger partial charge in [-0.1, -0.05) is 13.8 Å². The van der Waals surface area contributed by atoms with Crippen LogP contribution in [0.5, 0.6) is 0 Å². The summed E-state index contributed by atoms with van der Waals surface area (Å²) in [6.45, 7) is 4.96. The lowest BCUT2D eigenvalue weighted by atomic mass is 10.2. The Bertz CT molecular complexity index is 300. The third-order valence-corrected chi connectivity index (χ3v) is 1.75. The van der Waals surface area contributed by atoms with Gasteiger partial charge in [0.15, 0.2) is 6.10 Å². The van der Waals surface area contributed by atoms with E-state index in [2.05, 4.69) is 14.2 Å². The van der Waals surface area contributed by atoms with Crippen molar-refractivity contribution < 1.29 is 37.0 Å². The standard InChI is InChI=1S/C10H15F3O5/c1-5(2)8(14)17-7(4)18-9(15)16-6(3)10(11,12)13/h5-7H,1-4H3/t6?,7-/m1/s1. The van der Waals surface area contributed by atoms with Gasteiger partial charge in [0.1, 0.15) is 0 Å². The molecule has 0 aromatic carbocycles. The summed E-state index contributed by atoms with van der Waals surface area (Å²) in [4.78, 5) is 22.0. The fourth-order valence-electron chi connectivity index (χ4n) is 0.698. The van der Waals surface area contributed by atoms with Crippen molar-refractivity contribution in [3.63, 3.8) is 0 Å². The predicted molar refractivity (Wildman–Crippen MR) is 53.5 cm³/mol. The first-order valence-electron chi connectivity index (χ1n) is 5.18. The van der Waals surface area contributed by atoms with Gasteiger partial charge in [-0.05, 0) is 6.92 Å². The minimum absolute atomic E-state index is 0.443. The summed E-state index contributed by atoms with van der Waals surface area (Å²) >= 11 is 0. The second-order valence-electron chi connectivity index (χ2n) is 3.83. The molecular weight excluding hydrogens is 257 g/mol. The van der Waals surface area contributed by atoms with E-state index in [4.69, 9.17) is 0 Å². The van der Waals surface area contributed by atoms with Crippen molar-refractivity contribution in [2.45, 2.75) is 46.3 Å². The molecular formula is C10H15F3O5. The molecule has 0 saturated carbocycles. The molecule has 0 heterocycles. The first-order chi connectivity index (χ1) is 8.04. The Morgan fingerprint density at radius 3 is 1.83 bits per heavy atom. The summed E-state index contributed by atoms with van der Waals surface area (Å²) in [5.74, 6) is -1.08. The SMILES string of the molecule is CC(C)C(=O)O[C@@H](C)OC(=O)OC(C)C(F)(F)F. The number of hydrogen-bond acceptors (Lipinski definition) is 5. The van der Waals surface area contributed by atoms with Crippen LogP contribution in [-0.4, -0.2) is 30.7 Å². The van der Waals surface area contributed by atoms with Crippen molar-refractivity contribution in [2.75, 3.05) is 0 Å². The van der Waals surface area contributed by atoms with Crippen molar-refractivity contribution in [3.05, 3.63) is 0 Å². The molecule has 0 aromatic heterocycles. The summed E-state index contributed by atoms with van der Waals surface area (Å²) in [5.41, 5.74) is 0. The second-order valence-corrected chi connectivity index (χ2v) is 3.83. The molecule has 0 amide bonds. The van der Waals surface area contributed by atoms with E-state index in [1.807, 2.05) is 0 Å². The number of rotatable bonds is 4. The molecule has 18 heavy (non-hydrogen) atoms. The van der Waals surface area contributed by atoms with Crippen LogP contribution in [-0.2, 0) is 19.0 Å². The highest BCUT2D eigenvalue weighted by molar-refractivity contribution is 5.71. The highest BCUT2D eigenvalue weighted by atomic mass is 19.4. The molecule has 0 aliphatic carbocycles. The molecule has 0 radical (unpaired) electrons. The van der Waals surface area contributed by atoms with Gasteiger partial charge in [-0.25, -0.2) is 4.79 Å². The quantitative estimate of drug-likeness (QED) is 0.581. The summed E-state index contributed by atoms with van der Waals surface area (Å²) in [7, 11) is 0. The molecule has 0 saturated heterocycles. The Kier molecular flexibility index (Phi) is 5.93. The van der Waals surface area contributed by atoms with E-state index in [9.17, 15) is 22.8 Å². The minimum atomic E-state index is -4.67.